The van der Waals surface area contributed by atoms with Crippen molar-refractivity contribution in [1.82, 2.24) is 14.9 Å². The fourth-order valence-corrected chi connectivity index (χ4v) is 2.79. The van der Waals surface area contributed by atoms with Crippen LogP contribution in [-0.4, -0.2) is 35.0 Å². The van der Waals surface area contributed by atoms with Crippen molar-refractivity contribution in [2.75, 3.05) is 19.4 Å². The van der Waals surface area contributed by atoms with Crippen molar-refractivity contribution < 1.29 is 4.79 Å². The molecule has 0 aliphatic carbocycles. The molecule has 2 heterocycles. The maximum atomic E-state index is 11.5. The summed E-state index contributed by atoms with van der Waals surface area (Å²) in [6.07, 6.45) is 3.33. The molecule has 2 rings (SSSR count). The highest BCUT2D eigenvalue weighted by molar-refractivity contribution is 7.16. The van der Waals surface area contributed by atoms with Crippen LogP contribution < -0.4 is 20.1 Å². The van der Waals surface area contributed by atoms with Crippen LogP contribution >= 0.6 is 22.7 Å². The van der Waals surface area contributed by atoms with E-state index < -0.39 is 0 Å². The number of aromatic amines is 1. The summed E-state index contributed by atoms with van der Waals surface area (Å²) in [4.78, 5) is 31.9. The van der Waals surface area contributed by atoms with Gasteiger partial charge in [0.2, 0.25) is 0 Å². The number of carbonyl (C=O) groups is 1. The summed E-state index contributed by atoms with van der Waals surface area (Å²) in [6.45, 7) is 3.68. The Balaban J connectivity index is 2.25. The normalized spacial score (nSPS) is 11.6. The maximum Gasteiger partial charge on any atom is 0.323 e. The molecule has 6 nitrogen and oxygen atoms in total. The largest absolute Gasteiger partial charge is 0.331 e. The number of carbonyl (C=O) groups excluding carboxylic acids is 1. The van der Waals surface area contributed by atoms with Gasteiger partial charge in [0.25, 0.3) is 5.56 Å². The molecule has 0 aromatic carbocycles. The first-order valence-corrected chi connectivity index (χ1v) is 6.93. The predicted octanol–water partition coefficient (Wildman–Crippen LogP) is 0.225. The molecule has 0 aliphatic heterocycles. The van der Waals surface area contributed by atoms with E-state index in [0.717, 1.165) is 4.88 Å². The number of hydrogen-bond donors (Lipinski definition) is 2. The second kappa shape index (κ2) is 5.37. The molecule has 0 fully saturated rings. The topological polar surface area (TPSA) is 78.1 Å². The number of rotatable bonds is 2. The highest BCUT2D eigenvalue weighted by Gasteiger charge is 2.07. The van der Waals surface area contributed by atoms with Crippen molar-refractivity contribution in [3.05, 3.63) is 30.6 Å². The van der Waals surface area contributed by atoms with Crippen molar-refractivity contribution in [2.24, 2.45) is 0 Å². The second-order valence-electron chi connectivity index (χ2n) is 3.88. The van der Waals surface area contributed by atoms with Crippen molar-refractivity contribution in [3.8, 4) is 0 Å². The molecule has 0 aliphatic rings. The summed E-state index contributed by atoms with van der Waals surface area (Å²) in [5.41, 5.74) is -0.165. The van der Waals surface area contributed by atoms with Crippen LogP contribution in [0.3, 0.4) is 0 Å². The Morgan fingerprint density at radius 2 is 2.26 bits per heavy atom. The number of H-pyrrole nitrogens is 1. The lowest BCUT2D eigenvalue weighted by molar-refractivity contribution is 0.230. The first kappa shape index (κ1) is 13.5. The maximum absolute atomic E-state index is 11.5. The van der Waals surface area contributed by atoms with Crippen molar-refractivity contribution in [1.29, 1.82) is 0 Å². The van der Waals surface area contributed by atoms with Crippen LogP contribution in [0.4, 0.5) is 9.93 Å². The minimum atomic E-state index is -0.241. The smallest absolute Gasteiger partial charge is 0.323 e. The monoisotopic (exact) mass is 296 g/mol. The van der Waals surface area contributed by atoms with Gasteiger partial charge in [-0.15, -0.1) is 11.3 Å². The van der Waals surface area contributed by atoms with Gasteiger partial charge >= 0.3 is 6.03 Å². The zero-order valence-electron chi connectivity index (χ0n) is 10.4. The van der Waals surface area contributed by atoms with Crippen LogP contribution in [0.2, 0.25) is 0 Å². The van der Waals surface area contributed by atoms with Gasteiger partial charge in [-0.1, -0.05) is 17.9 Å². The zero-order valence-corrected chi connectivity index (χ0v) is 12.0. The molecule has 0 radical (unpaired) electrons. The van der Waals surface area contributed by atoms with Gasteiger partial charge in [-0.05, 0) is 6.08 Å². The Bertz CT molecular complexity index is 756. The Morgan fingerprint density at radius 3 is 2.84 bits per heavy atom. The number of urea groups is 1. The molecule has 0 atom stereocenters. The van der Waals surface area contributed by atoms with Gasteiger partial charge in [-0.25, -0.2) is 9.78 Å². The molecule has 100 valence electrons. The van der Waals surface area contributed by atoms with E-state index in [1.165, 1.54) is 27.6 Å². The Hall–Kier alpha value is -1.93. The molecule has 2 aromatic heterocycles. The molecular formula is C11H12N4O2S2. The molecule has 0 unspecified atom stereocenters. The third kappa shape index (κ3) is 3.30. The van der Waals surface area contributed by atoms with Gasteiger partial charge in [0.05, 0.1) is 14.1 Å². The van der Waals surface area contributed by atoms with Gasteiger partial charge < -0.3 is 9.88 Å². The first-order chi connectivity index (χ1) is 8.95. The SMILES string of the molecule is C=c1[nH]c(=O)/c(=C/c2cnc(NC(=O)N(C)C)s2)s1. The van der Waals surface area contributed by atoms with Gasteiger partial charge in [0.15, 0.2) is 5.13 Å². The van der Waals surface area contributed by atoms with E-state index >= 15 is 0 Å². The molecule has 2 amide bonds. The average molecular weight is 296 g/mol. The van der Waals surface area contributed by atoms with Gasteiger partial charge in [0.1, 0.15) is 0 Å². The Labute approximate surface area is 116 Å². The molecule has 2 aromatic rings. The lowest BCUT2D eigenvalue weighted by Crippen LogP contribution is -2.27. The van der Waals surface area contributed by atoms with Crippen LogP contribution in [0.15, 0.2) is 11.0 Å². The number of hydrogen-bond acceptors (Lipinski definition) is 5. The van der Waals surface area contributed by atoms with Crippen LogP contribution in [-0.2, 0) is 0 Å². The van der Waals surface area contributed by atoms with E-state index in [2.05, 4.69) is 21.9 Å². The molecule has 0 spiro atoms. The highest BCUT2D eigenvalue weighted by Crippen LogP contribution is 2.18. The number of aromatic nitrogens is 2. The van der Waals surface area contributed by atoms with E-state index in [-0.39, 0.29) is 11.6 Å². The molecule has 8 heteroatoms. The zero-order chi connectivity index (χ0) is 14.0. The van der Waals surface area contributed by atoms with Crippen molar-refractivity contribution in [3.63, 3.8) is 0 Å². The van der Waals surface area contributed by atoms with E-state index in [9.17, 15) is 9.59 Å². The quantitative estimate of drug-likeness (QED) is 0.832. The second-order valence-corrected chi connectivity index (χ2v) is 6.08. The molecule has 19 heavy (non-hydrogen) atoms. The van der Waals surface area contributed by atoms with E-state index in [0.29, 0.717) is 14.3 Å². The predicted molar refractivity (Wildman–Crippen MR) is 78.1 cm³/mol. The standard InChI is InChI=1S/C11H12N4O2S2/c1-6-13-9(16)8(18-6)4-7-5-12-10(19-7)14-11(17)15(2)3/h4-5H,1H2,2-3H3,(H,13,16)(H,12,14,17)/b8-4-. The number of anilines is 1. The number of nitrogens with one attached hydrogen (secondary N) is 2. The molecule has 2 N–H and O–H groups in total. The number of amides is 2. The fraction of sp³-hybridized carbons (Fsp3) is 0.182. The Morgan fingerprint density at radius 1 is 1.53 bits per heavy atom. The summed E-state index contributed by atoms with van der Waals surface area (Å²) >= 11 is 2.59. The van der Waals surface area contributed by atoms with Crippen molar-refractivity contribution >= 4 is 46.5 Å². The van der Waals surface area contributed by atoms with Crippen LogP contribution in [0.5, 0.6) is 0 Å². The minimum Gasteiger partial charge on any atom is -0.331 e. The van der Waals surface area contributed by atoms with Gasteiger partial charge in [-0.3, -0.25) is 10.1 Å². The molecule has 0 saturated heterocycles. The summed E-state index contributed by atoms with van der Waals surface area (Å²) in [6, 6.07) is -0.241. The van der Waals surface area contributed by atoms with E-state index in [1.54, 1.807) is 26.4 Å². The lowest BCUT2D eigenvalue weighted by atomic mass is 10.5. The molecular weight excluding hydrogens is 284 g/mol. The number of nitrogens with zero attached hydrogens (tertiary/aromatic N) is 2. The van der Waals surface area contributed by atoms with Gasteiger partial charge in [-0.2, -0.15) is 0 Å². The van der Waals surface area contributed by atoms with E-state index in [1.807, 2.05) is 0 Å². The molecule has 0 bridgehead atoms. The fourth-order valence-electron chi connectivity index (χ4n) is 1.23. The van der Waals surface area contributed by atoms with E-state index in [4.69, 9.17) is 0 Å². The summed E-state index contributed by atoms with van der Waals surface area (Å²) < 4.78 is 1.18. The van der Waals surface area contributed by atoms with Crippen LogP contribution in [0, 0.1) is 0 Å². The Kier molecular flexibility index (Phi) is 3.82. The van der Waals surface area contributed by atoms with Gasteiger partial charge in [0, 0.05) is 20.3 Å². The van der Waals surface area contributed by atoms with Crippen LogP contribution in [0.1, 0.15) is 4.88 Å². The highest BCUT2D eigenvalue weighted by atomic mass is 32.1. The number of thiazole rings is 2. The first-order valence-electron chi connectivity index (χ1n) is 5.29. The third-order valence-corrected chi connectivity index (χ3v) is 3.86. The van der Waals surface area contributed by atoms with Crippen LogP contribution in [0.25, 0.3) is 12.7 Å². The average Bonchev–Trinajstić information content (AvgIpc) is 2.87. The lowest BCUT2D eigenvalue weighted by Gasteiger charge is -2.08. The van der Waals surface area contributed by atoms with Crippen molar-refractivity contribution in [2.45, 2.75) is 0 Å². The third-order valence-electron chi connectivity index (χ3n) is 2.13. The molecule has 0 saturated carbocycles. The summed E-state index contributed by atoms with van der Waals surface area (Å²) in [5, 5.41) is 3.14. The summed E-state index contributed by atoms with van der Waals surface area (Å²) in [7, 11) is 3.30. The summed E-state index contributed by atoms with van der Waals surface area (Å²) in [5.74, 6) is 0. The minimum absolute atomic E-state index is 0.165.